The molecule has 0 unspecified atom stereocenters. The summed E-state index contributed by atoms with van der Waals surface area (Å²) >= 11 is 1.51. The maximum absolute atomic E-state index is 12.7. The lowest BCUT2D eigenvalue weighted by molar-refractivity contribution is -0.118. The van der Waals surface area contributed by atoms with Gasteiger partial charge in [-0.15, -0.1) is 0 Å². The molecule has 23 heavy (non-hydrogen) atoms. The van der Waals surface area contributed by atoms with Gasteiger partial charge in [-0.3, -0.25) is 14.4 Å². The number of thiazole rings is 1. The van der Waals surface area contributed by atoms with Crippen LogP contribution in [0.15, 0.2) is 36.5 Å². The monoisotopic (exact) mass is 330 g/mol. The fourth-order valence-electron chi connectivity index (χ4n) is 2.29. The number of benzene rings is 1. The third kappa shape index (κ3) is 3.57. The number of anilines is 1. The van der Waals surface area contributed by atoms with Gasteiger partial charge >= 0.3 is 0 Å². The fourth-order valence-corrected chi connectivity index (χ4v) is 3.30. The molecule has 3 aromatic rings. The summed E-state index contributed by atoms with van der Waals surface area (Å²) in [6, 6.07) is 9.73. The minimum atomic E-state index is -0.0280. The molecule has 6 nitrogen and oxygen atoms in total. The van der Waals surface area contributed by atoms with Gasteiger partial charge in [0.05, 0.1) is 35.5 Å². The number of fused-ring (bicyclic) bond motifs is 1. The van der Waals surface area contributed by atoms with Gasteiger partial charge in [-0.2, -0.15) is 5.10 Å². The molecule has 2 aromatic heterocycles. The first-order valence-corrected chi connectivity index (χ1v) is 8.12. The Morgan fingerprint density at radius 2 is 2.17 bits per heavy atom. The molecular weight excluding hydrogens is 312 g/mol. The Morgan fingerprint density at radius 3 is 2.87 bits per heavy atom. The van der Waals surface area contributed by atoms with Crippen molar-refractivity contribution in [3.8, 4) is 0 Å². The molecule has 0 saturated carbocycles. The number of aryl methyl sites for hydroxylation is 1. The van der Waals surface area contributed by atoms with Crippen molar-refractivity contribution in [3.05, 3.63) is 42.2 Å². The topological polar surface area (TPSA) is 60.2 Å². The van der Waals surface area contributed by atoms with Gasteiger partial charge in [0.1, 0.15) is 0 Å². The number of carbonyl (C=O) groups excluding carboxylic acids is 1. The second-order valence-corrected chi connectivity index (χ2v) is 6.17. The normalized spacial score (nSPS) is 11.0. The van der Waals surface area contributed by atoms with Crippen LogP contribution >= 0.6 is 11.3 Å². The molecule has 0 radical (unpaired) electrons. The van der Waals surface area contributed by atoms with Gasteiger partial charge in [0.2, 0.25) is 5.91 Å². The average Bonchev–Trinajstić information content (AvgIpc) is 3.13. The minimum Gasteiger partial charge on any atom is -0.383 e. The van der Waals surface area contributed by atoms with Gasteiger partial charge in [0, 0.05) is 20.4 Å². The Bertz CT molecular complexity index is 778. The fraction of sp³-hybridized carbons (Fsp3) is 0.312. The van der Waals surface area contributed by atoms with Crippen LogP contribution in [0.25, 0.3) is 10.2 Å². The van der Waals surface area contributed by atoms with Crippen LogP contribution in [0.1, 0.15) is 5.69 Å². The molecule has 0 fully saturated rings. The lowest BCUT2D eigenvalue weighted by Gasteiger charge is -2.18. The van der Waals surface area contributed by atoms with Crippen molar-refractivity contribution in [1.82, 2.24) is 14.8 Å². The Morgan fingerprint density at radius 1 is 1.35 bits per heavy atom. The van der Waals surface area contributed by atoms with E-state index in [-0.39, 0.29) is 12.3 Å². The summed E-state index contributed by atoms with van der Waals surface area (Å²) in [7, 11) is 3.46. The lowest BCUT2D eigenvalue weighted by Crippen LogP contribution is -2.35. The molecule has 0 N–H and O–H groups in total. The van der Waals surface area contributed by atoms with E-state index < -0.39 is 0 Å². The van der Waals surface area contributed by atoms with Gasteiger partial charge in [0.15, 0.2) is 5.13 Å². The molecule has 0 aliphatic rings. The molecule has 0 spiro atoms. The van der Waals surface area contributed by atoms with Crippen molar-refractivity contribution in [1.29, 1.82) is 0 Å². The highest BCUT2D eigenvalue weighted by atomic mass is 32.1. The third-order valence-corrected chi connectivity index (χ3v) is 4.49. The van der Waals surface area contributed by atoms with E-state index in [4.69, 9.17) is 4.74 Å². The van der Waals surface area contributed by atoms with Crippen LogP contribution in [-0.4, -0.2) is 40.9 Å². The van der Waals surface area contributed by atoms with E-state index >= 15 is 0 Å². The molecule has 0 saturated heterocycles. The van der Waals surface area contributed by atoms with Crippen molar-refractivity contribution < 1.29 is 9.53 Å². The first-order valence-electron chi connectivity index (χ1n) is 7.31. The maximum atomic E-state index is 12.7. The zero-order valence-corrected chi connectivity index (χ0v) is 13.9. The number of carbonyl (C=O) groups is 1. The highest BCUT2D eigenvalue weighted by Crippen LogP contribution is 2.28. The molecule has 0 aliphatic heterocycles. The number of methoxy groups -OCH3 is 1. The first-order chi connectivity index (χ1) is 11.2. The summed E-state index contributed by atoms with van der Waals surface area (Å²) in [5.74, 6) is -0.0280. The van der Waals surface area contributed by atoms with E-state index in [9.17, 15) is 4.79 Å². The Balaban J connectivity index is 1.85. The van der Waals surface area contributed by atoms with Crippen molar-refractivity contribution in [2.24, 2.45) is 7.05 Å². The summed E-state index contributed by atoms with van der Waals surface area (Å²) in [4.78, 5) is 19.0. The van der Waals surface area contributed by atoms with E-state index in [1.165, 1.54) is 11.3 Å². The van der Waals surface area contributed by atoms with Crippen LogP contribution in [0.5, 0.6) is 0 Å². The molecule has 1 amide bonds. The number of hydrogen-bond acceptors (Lipinski definition) is 5. The molecule has 0 atom stereocenters. The summed E-state index contributed by atoms with van der Waals surface area (Å²) < 4.78 is 7.90. The van der Waals surface area contributed by atoms with E-state index in [0.717, 1.165) is 15.9 Å². The molecule has 0 bridgehead atoms. The van der Waals surface area contributed by atoms with Gasteiger partial charge in [0.25, 0.3) is 0 Å². The largest absolute Gasteiger partial charge is 0.383 e. The number of amides is 1. The second-order valence-electron chi connectivity index (χ2n) is 5.16. The summed E-state index contributed by atoms with van der Waals surface area (Å²) in [5, 5.41) is 4.97. The zero-order valence-electron chi connectivity index (χ0n) is 13.1. The first kappa shape index (κ1) is 15.6. The van der Waals surface area contributed by atoms with Crippen LogP contribution in [0.4, 0.5) is 5.13 Å². The van der Waals surface area contributed by atoms with Crippen molar-refractivity contribution >= 4 is 32.6 Å². The van der Waals surface area contributed by atoms with Gasteiger partial charge in [-0.25, -0.2) is 4.98 Å². The molecule has 3 rings (SSSR count). The van der Waals surface area contributed by atoms with Crippen molar-refractivity contribution in [2.75, 3.05) is 25.2 Å². The summed E-state index contributed by atoms with van der Waals surface area (Å²) in [5.41, 5.74) is 1.65. The number of nitrogens with zero attached hydrogens (tertiary/aromatic N) is 4. The molecule has 2 heterocycles. The van der Waals surface area contributed by atoms with Crippen molar-refractivity contribution in [3.63, 3.8) is 0 Å². The van der Waals surface area contributed by atoms with Crippen molar-refractivity contribution in [2.45, 2.75) is 6.42 Å². The number of ether oxygens (including phenoxy) is 1. The van der Waals surface area contributed by atoms with Crippen LogP contribution in [-0.2, 0) is 23.0 Å². The number of para-hydroxylation sites is 1. The molecule has 0 aliphatic carbocycles. The zero-order chi connectivity index (χ0) is 16.2. The molecular formula is C16H18N4O2S. The summed E-state index contributed by atoms with van der Waals surface area (Å²) in [6.07, 6.45) is 2.08. The smallest absolute Gasteiger partial charge is 0.234 e. The van der Waals surface area contributed by atoms with E-state index in [1.807, 2.05) is 43.6 Å². The van der Waals surface area contributed by atoms with E-state index in [1.54, 1.807) is 16.7 Å². The van der Waals surface area contributed by atoms with Crippen LogP contribution in [0, 0.1) is 0 Å². The van der Waals surface area contributed by atoms with Gasteiger partial charge < -0.3 is 4.74 Å². The predicted molar refractivity (Wildman–Crippen MR) is 90.8 cm³/mol. The van der Waals surface area contributed by atoms with Crippen LogP contribution in [0.3, 0.4) is 0 Å². The second kappa shape index (κ2) is 6.89. The minimum absolute atomic E-state index is 0.0280. The average molecular weight is 330 g/mol. The number of rotatable bonds is 6. The molecule has 7 heteroatoms. The quantitative estimate of drug-likeness (QED) is 0.695. The van der Waals surface area contributed by atoms with E-state index in [2.05, 4.69) is 10.1 Å². The van der Waals surface area contributed by atoms with Crippen LogP contribution < -0.4 is 4.90 Å². The SMILES string of the molecule is COCCN(C(=O)Cc1ccn(C)n1)c1nc2ccccc2s1. The maximum Gasteiger partial charge on any atom is 0.234 e. The highest BCUT2D eigenvalue weighted by molar-refractivity contribution is 7.22. The molecule has 1 aromatic carbocycles. The van der Waals surface area contributed by atoms with Crippen LogP contribution in [0.2, 0.25) is 0 Å². The van der Waals surface area contributed by atoms with E-state index in [0.29, 0.717) is 18.3 Å². The van der Waals surface area contributed by atoms with Gasteiger partial charge in [-0.05, 0) is 18.2 Å². The predicted octanol–water partition coefficient (Wildman–Crippen LogP) is 2.25. The molecule has 120 valence electrons. The van der Waals surface area contributed by atoms with Gasteiger partial charge in [-0.1, -0.05) is 23.5 Å². The Kier molecular flexibility index (Phi) is 4.68. The third-order valence-electron chi connectivity index (χ3n) is 3.43. The Hall–Kier alpha value is -2.25. The summed E-state index contributed by atoms with van der Waals surface area (Å²) in [6.45, 7) is 0.936. The lowest BCUT2D eigenvalue weighted by atomic mass is 10.3. The standard InChI is InChI=1S/C16H18N4O2S/c1-19-8-7-12(18-19)11-15(21)20(9-10-22-2)16-17-13-5-3-4-6-14(13)23-16/h3-8H,9-11H2,1-2H3. The number of hydrogen-bond donors (Lipinski definition) is 0. The highest BCUT2D eigenvalue weighted by Gasteiger charge is 2.20. The number of aromatic nitrogens is 3. The Labute approximate surface area is 138 Å².